The van der Waals surface area contributed by atoms with Crippen LogP contribution < -0.4 is 11.5 Å². The highest BCUT2D eigenvalue weighted by molar-refractivity contribution is 5.92. The van der Waals surface area contributed by atoms with Crippen LogP contribution in [-0.2, 0) is 11.3 Å². The molecule has 2 rings (SSSR count). The Kier molecular flexibility index (Phi) is 3.47. The number of primary amides is 1. The van der Waals surface area contributed by atoms with Crippen LogP contribution in [0.2, 0.25) is 0 Å². The second-order valence-electron chi connectivity index (χ2n) is 4.01. The van der Waals surface area contributed by atoms with Crippen molar-refractivity contribution in [2.24, 2.45) is 5.73 Å². The summed E-state index contributed by atoms with van der Waals surface area (Å²) in [6.45, 7) is -0.371. The Balaban J connectivity index is 2.64. The van der Waals surface area contributed by atoms with Gasteiger partial charge in [-0.3, -0.25) is 9.59 Å². The first-order valence-corrected chi connectivity index (χ1v) is 5.49. The van der Waals surface area contributed by atoms with Crippen molar-refractivity contribution < 1.29 is 18.4 Å². The molecule has 104 valence electrons. The molecule has 0 aliphatic heterocycles. The van der Waals surface area contributed by atoms with Crippen molar-refractivity contribution >= 4 is 18.0 Å². The Morgan fingerprint density at radius 1 is 1.40 bits per heavy atom. The van der Waals surface area contributed by atoms with E-state index >= 15 is 0 Å². The zero-order valence-electron chi connectivity index (χ0n) is 10.1. The molecule has 0 radical (unpaired) electrons. The maximum Gasteiger partial charge on any atom is 0.239 e. The van der Waals surface area contributed by atoms with E-state index in [1.807, 2.05) is 0 Å². The first-order chi connectivity index (χ1) is 9.43. The van der Waals surface area contributed by atoms with E-state index in [0.717, 1.165) is 22.9 Å². The van der Waals surface area contributed by atoms with Gasteiger partial charge in [0.1, 0.15) is 29.7 Å². The summed E-state index contributed by atoms with van der Waals surface area (Å²) in [5.41, 5.74) is 10.2. The molecule has 0 aliphatic carbocycles. The predicted molar refractivity (Wildman–Crippen MR) is 66.6 cm³/mol. The third kappa shape index (κ3) is 2.35. The van der Waals surface area contributed by atoms with E-state index in [2.05, 4.69) is 5.10 Å². The SMILES string of the molecule is NC(=O)Cn1nc(-c2cc(F)ccc2F)c(C=O)c1N. The molecular formula is C12H10F2N4O2. The first-order valence-electron chi connectivity index (χ1n) is 5.49. The minimum absolute atomic E-state index is 0.129. The zero-order valence-corrected chi connectivity index (χ0v) is 10.1. The normalized spacial score (nSPS) is 10.5. The Hall–Kier alpha value is -2.77. The number of nitrogens with zero attached hydrogens (tertiary/aromatic N) is 2. The lowest BCUT2D eigenvalue weighted by atomic mass is 10.1. The number of amides is 1. The van der Waals surface area contributed by atoms with Gasteiger partial charge in [-0.1, -0.05) is 0 Å². The lowest BCUT2D eigenvalue weighted by molar-refractivity contribution is -0.118. The minimum Gasteiger partial charge on any atom is -0.383 e. The Morgan fingerprint density at radius 3 is 2.70 bits per heavy atom. The van der Waals surface area contributed by atoms with Gasteiger partial charge in [0.25, 0.3) is 0 Å². The molecular weight excluding hydrogens is 270 g/mol. The van der Waals surface area contributed by atoms with Crippen molar-refractivity contribution in [2.75, 3.05) is 5.73 Å². The fourth-order valence-corrected chi connectivity index (χ4v) is 1.75. The number of hydrogen-bond acceptors (Lipinski definition) is 4. The molecule has 0 bridgehead atoms. The summed E-state index contributed by atoms with van der Waals surface area (Å²) in [6, 6.07) is 2.73. The standard InChI is InChI=1S/C12H10F2N4O2/c13-6-1-2-9(14)7(3-6)11-8(5-19)12(16)18(17-11)4-10(15)20/h1-3,5H,4,16H2,(H2,15,20). The van der Waals surface area contributed by atoms with E-state index in [-0.39, 0.29) is 29.2 Å². The molecule has 1 heterocycles. The Bertz CT molecular complexity index is 697. The van der Waals surface area contributed by atoms with Gasteiger partial charge in [-0.05, 0) is 18.2 Å². The number of carbonyl (C=O) groups excluding carboxylic acids is 2. The van der Waals surface area contributed by atoms with E-state index in [9.17, 15) is 18.4 Å². The molecule has 0 saturated carbocycles. The summed E-state index contributed by atoms with van der Waals surface area (Å²) >= 11 is 0. The van der Waals surface area contributed by atoms with E-state index in [1.54, 1.807) is 0 Å². The minimum atomic E-state index is -0.766. The number of halogens is 2. The Morgan fingerprint density at radius 2 is 2.10 bits per heavy atom. The van der Waals surface area contributed by atoms with Gasteiger partial charge in [0, 0.05) is 5.56 Å². The second kappa shape index (κ2) is 5.08. The molecule has 8 heteroatoms. The molecule has 1 aromatic carbocycles. The van der Waals surface area contributed by atoms with Gasteiger partial charge in [0.15, 0.2) is 6.29 Å². The highest BCUT2D eigenvalue weighted by Crippen LogP contribution is 2.28. The van der Waals surface area contributed by atoms with Gasteiger partial charge in [-0.25, -0.2) is 13.5 Å². The first kappa shape index (κ1) is 13.7. The average molecular weight is 280 g/mol. The van der Waals surface area contributed by atoms with E-state index in [0.29, 0.717) is 6.29 Å². The van der Waals surface area contributed by atoms with Crippen molar-refractivity contribution in [3.8, 4) is 11.3 Å². The number of aldehydes is 1. The van der Waals surface area contributed by atoms with Crippen LogP contribution in [0.3, 0.4) is 0 Å². The molecule has 0 saturated heterocycles. The van der Waals surface area contributed by atoms with Gasteiger partial charge in [0.2, 0.25) is 5.91 Å². The summed E-state index contributed by atoms with van der Waals surface area (Å²) < 4.78 is 27.9. The average Bonchev–Trinajstić information content (AvgIpc) is 2.68. The summed E-state index contributed by atoms with van der Waals surface area (Å²) in [5.74, 6) is -2.33. The number of nitrogen functional groups attached to an aromatic ring is 1. The van der Waals surface area contributed by atoms with Crippen LogP contribution in [0, 0.1) is 11.6 Å². The lowest BCUT2D eigenvalue weighted by Crippen LogP contribution is -2.20. The molecule has 6 nitrogen and oxygen atoms in total. The fourth-order valence-electron chi connectivity index (χ4n) is 1.75. The molecule has 0 atom stereocenters. The van der Waals surface area contributed by atoms with E-state index in [1.165, 1.54) is 0 Å². The third-order valence-electron chi connectivity index (χ3n) is 2.64. The second-order valence-corrected chi connectivity index (χ2v) is 4.01. The smallest absolute Gasteiger partial charge is 0.239 e. The summed E-state index contributed by atoms with van der Waals surface area (Å²) in [7, 11) is 0. The molecule has 1 amide bonds. The van der Waals surface area contributed by atoms with E-state index < -0.39 is 17.5 Å². The number of aromatic nitrogens is 2. The maximum absolute atomic E-state index is 13.7. The monoisotopic (exact) mass is 280 g/mol. The molecule has 2 aromatic rings. The maximum atomic E-state index is 13.7. The number of nitrogens with two attached hydrogens (primary N) is 2. The molecule has 1 aromatic heterocycles. The molecule has 4 N–H and O–H groups in total. The van der Waals surface area contributed by atoms with Crippen molar-refractivity contribution in [1.82, 2.24) is 9.78 Å². The zero-order chi connectivity index (χ0) is 14.9. The van der Waals surface area contributed by atoms with E-state index in [4.69, 9.17) is 11.5 Å². The van der Waals surface area contributed by atoms with Crippen LogP contribution in [0.5, 0.6) is 0 Å². The van der Waals surface area contributed by atoms with Crippen LogP contribution in [0.4, 0.5) is 14.6 Å². The third-order valence-corrected chi connectivity index (χ3v) is 2.64. The summed E-state index contributed by atoms with van der Waals surface area (Å²) in [6.07, 6.45) is 0.361. The van der Waals surface area contributed by atoms with Crippen molar-refractivity contribution in [1.29, 1.82) is 0 Å². The highest BCUT2D eigenvalue weighted by atomic mass is 19.1. The van der Waals surface area contributed by atoms with Crippen molar-refractivity contribution in [3.05, 3.63) is 35.4 Å². The van der Waals surface area contributed by atoms with Crippen LogP contribution in [0.25, 0.3) is 11.3 Å². The van der Waals surface area contributed by atoms with Crippen molar-refractivity contribution in [2.45, 2.75) is 6.54 Å². The summed E-state index contributed by atoms with van der Waals surface area (Å²) in [5, 5.41) is 3.85. The molecule has 0 aliphatic rings. The highest BCUT2D eigenvalue weighted by Gasteiger charge is 2.20. The number of carbonyl (C=O) groups is 2. The topological polar surface area (TPSA) is 104 Å². The number of rotatable bonds is 4. The summed E-state index contributed by atoms with van der Waals surface area (Å²) in [4.78, 5) is 21.9. The van der Waals surface area contributed by atoms with Crippen LogP contribution in [0.15, 0.2) is 18.2 Å². The number of anilines is 1. The number of benzene rings is 1. The predicted octanol–water partition coefficient (Wildman–Crippen LogP) is 0.708. The van der Waals surface area contributed by atoms with Gasteiger partial charge in [-0.2, -0.15) is 5.10 Å². The largest absolute Gasteiger partial charge is 0.383 e. The molecule has 0 fully saturated rings. The molecule has 20 heavy (non-hydrogen) atoms. The lowest BCUT2D eigenvalue weighted by Gasteiger charge is -2.00. The van der Waals surface area contributed by atoms with Crippen molar-refractivity contribution in [3.63, 3.8) is 0 Å². The van der Waals surface area contributed by atoms with Crippen LogP contribution in [-0.4, -0.2) is 22.0 Å². The van der Waals surface area contributed by atoms with Gasteiger partial charge >= 0.3 is 0 Å². The van der Waals surface area contributed by atoms with Gasteiger partial charge in [0.05, 0.1) is 5.56 Å². The fraction of sp³-hybridized carbons (Fsp3) is 0.0833. The van der Waals surface area contributed by atoms with Crippen LogP contribution >= 0.6 is 0 Å². The quantitative estimate of drug-likeness (QED) is 0.805. The number of hydrogen-bond donors (Lipinski definition) is 2. The Labute approximate surface area is 112 Å². The van der Waals surface area contributed by atoms with Gasteiger partial charge < -0.3 is 11.5 Å². The molecule has 0 unspecified atom stereocenters. The van der Waals surface area contributed by atoms with Crippen LogP contribution in [0.1, 0.15) is 10.4 Å². The molecule has 0 spiro atoms. The van der Waals surface area contributed by atoms with Gasteiger partial charge in [-0.15, -0.1) is 0 Å².